The fraction of sp³-hybridized carbons (Fsp3) is 0.864. The molecule has 158 valence electrons. The molecule has 2 saturated carbocycles. The first-order valence-corrected chi connectivity index (χ1v) is 11.3. The lowest BCUT2D eigenvalue weighted by molar-refractivity contribution is -0.138. The van der Waals surface area contributed by atoms with Crippen LogP contribution >= 0.6 is 0 Å². The van der Waals surface area contributed by atoms with Crippen LogP contribution in [0.1, 0.15) is 83.5 Å². The standard InChI is InChI=1S/C22H36N2O4/c25-20(14-16-4-1-2-5-16)23-19-10-8-18(9-11-19)22(28)24-13-3-6-17(15-24)7-12-21(26)27/h16-19H,1-15H2,(H,23,25)(H,26,27). The van der Waals surface area contributed by atoms with Gasteiger partial charge in [0.1, 0.15) is 0 Å². The van der Waals surface area contributed by atoms with Crippen molar-refractivity contribution in [3.63, 3.8) is 0 Å². The lowest BCUT2D eigenvalue weighted by atomic mass is 9.84. The van der Waals surface area contributed by atoms with Crippen molar-refractivity contribution in [2.24, 2.45) is 17.8 Å². The zero-order valence-corrected chi connectivity index (χ0v) is 17.0. The number of amides is 2. The maximum Gasteiger partial charge on any atom is 0.303 e. The number of rotatable bonds is 7. The summed E-state index contributed by atoms with van der Waals surface area (Å²) in [4.78, 5) is 37.9. The lowest BCUT2D eigenvalue weighted by Gasteiger charge is -2.37. The first-order chi connectivity index (χ1) is 13.5. The molecule has 0 aromatic heterocycles. The van der Waals surface area contributed by atoms with E-state index in [4.69, 9.17) is 5.11 Å². The van der Waals surface area contributed by atoms with Crippen molar-refractivity contribution in [3.8, 4) is 0 Å². The van der Waals surface area contributed by atoms with Crippen LogP contribution in [-0.2, 0) is 14.4 Å². The van der Waals surface area contributed by atoms with E-state index in [1.165, 1.54) is 25.7 Å². The van der Waals surface area contributed by atoms with Gasteiger partial charge in [-0.3, -0.25) is 14.4 Å². The molecular weight excluding hydrogens is 356 g/mol. The van der Waals surface area contributed by atoms with Gasteiger partial charge < -0.3 is 15.3 Å². The Labute approximate surface area is 168 Å². The normalized spacial score (nSPS) is 28.9. The van der Waals surface area contributed by atoms with E-state index >= 15 is 0 Å². The van der Waals surface area contributed by atoms with E-state index in [1.807, 2.05) is 4.90 Å². The molecule has 0 bridgehead atoms. The molecule has 3 fully saturated rings. The summed E-state index contributed by atoms with van der Waals surface area (Å²) < 4.78 is 0. The first kappa shape index (κ1) is 21.1. The van der Waals surface area contributed by atoms with Crippen LogP contribution in [0.15, 0.2) is 0 Å². The predicted molar refractivity (Wildman–Crippen MR) is 107 cm³/mol. The van der Waals surface area contributed by atoms with Gasteiger partial charge in [0.05, 0.1) is 0 Å². The summed E-state index contributed by atoms with van der Waals surface area (Å²) >= 11 is 0. The van der Waals surface area contributed by atoms with Crippen LogP contribution in [-0.4, -0.2) is 46.9 Å². The number of hydrogen-bond acceptors (Lipinski definition) is 3. The van der Waals surface area contributed by atoms with E-state index in [2.05, 4.69) is 5.32 Å². The number of hydrogen-bond donors (Lipinski definition) is 2. The Balaban J connectivity index is 1.38. The van der Waals surface area contributed by atoms with Gasteiger partial charge in [0.25, 0.3) is 0 Å². The zero-order chi connectivity index (χ0) is 19.9. The molecule has 1 atom stereocenters. The van der Waals surface area contributed by atoms with E-state index in [0.717, 1.165) is 45.1 Å². The largest absolute Gasteiger partial charge is 0.481 e. The second kappa shape index (κ2) is 10.3. The molecule has 2 N–H and O–H groups in total. The first-order valence-electron chi connectivity index (χ1n) is 11.3. The molecule has 2 amide bonds. The quantitative estimate of drug-likeness (QED) is 0.696. The Morgan fingerprint density at radius 1 is 0.893 bits per heavy atom. The molecule has 6 heteroatoms. The van der Waals surface area contributed by atoms with Crippen molar-refractivity contribution >= 4 is 17.8 Å². The van der Waals surface area contributed by atoms with Crippen molar-refractivity contribution < 1.29 is 19.5 Å². The molecule has 2 aliphatic carbocycles. The minimum absolute atomic E-state index is 0.0706. The number of aliphatic carboxylic acids is 1. The third-order valence-electron chi connectivity index (χ3n) is 6.99. The summed E-state index contributed by atoms with van der Waals surface area (Å²) in [6.07, 6.45) is 11.9. The number of likely N-dealkylation sites (tertiary alicyclic amines) is 1. The summed E-state index contributed by atoms with van der Waals surface area (Å²) in [7, 11) is 0. The highest BCUT2D eigenvalue weighted by Crippen LogP contribution is 2.30. The molecule has 6 nitrogen and oxygen atoms in total. The predicted octanol–water partition coefficient (Wildman–Crippen LogP) is 3.35. The van der Waals surface area contributed by atoms with E-state index in [9.17, 15) is 14.4 Å². The fourth-order valence-corrected chi connectivity index (χ4v) is 5.33. The molecule has 0 spiro atoms. The van der Waals surface area contributed by atoms with Crippen LogP contribution in [0.4, 0.5) is 0 Å². The fourth-order valence-electron chi connectivity index (χ4n) is 5.33. The van der Waals surface area contributed by atoms with Crippen molar-refractivity contribution in [1.82, 2.24) is 10.2 Å². The SMILES string of the molecule is O=C(O)CCC1CCCN(C(=O)C2CCC(NC(=O)CC3CCCC3)CC2)C1. The Morgan fingerprint density at radius 3 is 2.25 bits per heavy atom. The van der Waals surface area contributed by atoms with Crippen molar-refractivity contribution in [2.75, 3.05) is 13.1 Å². The van der Waals surface area contributed by atoms with Gasteiger partial charge in [-0.15, -0.1) is 0 Å². The smallest absolute Gasteiger partial charge is 0.303 e. The van der Waals surface area contributed by atoms with Gasteiger partial charge in [-0.05, 0) is 69.6 Å². The van der Waals surface area contributed by atoms with Crippen molar-refractivity contribution in [3.05, 3.63) is 0 Å². The van der Waals surface area contributed by atoms with Crippen molar-refractivity contribution in [2.45, 2.75) is 89.5 Å². The number of nitrogens with one attached hydrogen (secondary N) is 1. The van der Waals surface area contributed by atoms with Gasteiger partial charge in [-0.2, -0.15) is 0 Å². The molecule has 28 heavy (non-hydrogen) atoms. The van der Waals surface area contributed by atoms with Gasteiger partial charge in [-0.25, -0.2) is 0 Å². The summed E-state index contributed by atoms with van der Waals surface area (Å²) in [6.45, 7) is 1.52. The highest BCUT2D eigenvalue weighted by Gasteiger charge is 2.32. The second-order valence-corrected chi connectivity index (χ2v) is 9.20. The Kier molecular flexibility index (Phi) is 7.74. The summed E-state index contributed by atoms with van der Waals surface area (Å²) in [6, 6.07) is 0.225. The number of nitrogens with zero attached hydrogens (tertiary/aromatic N) is 1. The van der Waals surface area contributed by atoms with Crippen LogP contribution in [0.5, 0.6) is 0 Å². The number of carbonyl (C=O) groups excluding carboxylic acids is 2. The highest BCUT2D eigenvalue weighted by molar-refractivity contribution is 5.79. The summed E-state index contributed by atoms with van der Waals surface area (Å²) in [5.41, 5.74) is 0. The molecule has 0 aromatic rings. The van der Waals surface area contributed by atoms with Gasteiger partial charge in [0, 0.05) is 37.9 Å². The number of carboxylic acids is 1. The minimum Gasteiger partial charge on any atom is -0.481 e. The van der Waals surface area contributed by atoms with Gasteiger partial charge in [-0.1, -0.05) is 12.8 Å². The number of carbonyl (C=O) groups is 3. The van der Waals surface area contributed by atoms with Crippen LogP contribution in [0.25, 0.3) is 0 Å². The molecule has 0 radical (unpaired) electrons. The van der Waals surface area contributed by atoms with Crippen molar-refractivity contribution in [1.29, 1.82) is 0 Å². The Bertz CT molecular complexity index is 551. The molecule has 1 saturated heterocycles. The average Bonchev–Trinajstić information content (AvgIpc) is 3.19. The Hall–Kier alpha value is -1.59. The van der Waals surface area contributed by atoms with Gasteiger partial charge in [0.15, 0.2) is 0 Å². The van der Waals surface area contributed by atoms with E-state index in [-0.39, 0.29) is 30.2 Å². The molecular formula is C22H36N2O4. The maximum absolute atomic E-state index is 12.9. The summed E-state index contributed by atoms with van der Waals surface area (Å²) in [5, 5.41) is 12.1. The third kappa shape index (κ3) is 6.21. The average molecular weight is 393 g/mol. The minimum atomic E-state index is -0.753. The number of piperidine rings is 1. The van der Waals surface area contributed by atoms with Crippen LogP contribution < -0.4 is 5.32 Å². The highest BCUT2D eigenvalue weighted by atomic mass is 16.4. The molecule has 1 heterocycles. The van der Waals surface area contributed by atoms with Gasteiger partial charge >= 0.3 is 5.97 Å². The van der Waals surface area contributed by atoms with Crippen LogP contribution in [0, 0.1) is 17.8 Å². The molecule has 1 unspecified atom stereocenters. The Morgan fingerprint density at radius 2 is 1.57 bits per heavy atom. The monoisotopic (exact) mass is 392 g/mol. The topological polar surface area (TPSA) is 86.7 Å². The second-order valence-electron chi connectivity index (χ2n) is 9.20. The molecule has 1 aliphatic heterocycles. The van der Waals surface area contributed by atoms with E-state index in [1.54, 1.807) is 0 Å². The third-order valence-corrected chi connectivity index (χ3v) is 6.99. The zero-order valence-electron chi connectivity index (χ0n) is 17.0. The number of carboxylic acid groups (broad SMARTS) is 1. The summed E-state index contributed by atoms with van der Waals surface area (Å²) in [5.74, 6) is 0.652. The van der Waals surface area contributed by atoms with E-state index in [0.29, 0.717) is 31.2 Å². The lowest BCUT2D eigenvalue weighted by Crippen LogP contribution is -2.45. The van der Waals surface area contributed by atoms with E-state index < -0.39 is 5.97 Å². The molecule has 3 aliphatic rings. The van der Waals surface area contributed by atoms with Crippen LogP contribution in [0.3, 0.4) is 0 Å². The maximum atomic E-state index is 12.9. The van der Waals surface area contributed by atoms with Crippen LogP contribution in [0.2, 0.25) is 0 Å². The van der Waals surface area contributed by atoms with Gasteiger partial charge in [0.2, 0.25) is 11.8 Å². The molecule has 0 aromatic carbocycles. The molecule has 3 rings (SSSR count).